The molecule has 1 amide bonds. The molecule has 2 N–H and O–H groups in total. The van der Waals surface area contributed by atoms with E-state index in [0.717, 1.165) is 0 Å². The molecule has 78 valence electrons. The number of amides is 1. The third-order valence-electron chi connectivity index (χ3n) is 2.07. The van der Waals surface area contributed by atoms with E-state index in [9.17, 15) is 9.59 Å². The lowest BCUT2D eigenvalue weighted by molar-refractivity contribution is -0.141. The lowest BCUT2D eigenvalue weighted by Gasteiger charge is -2.24. The predicted molar refractivity (Wildman–Crippen MR) is 50.1 cm³/mol. The Labute approximate surface area is 82.5 Å². The zero-order valence-electron chi connectivity index (χ0n) is 8.37. The molecule has 14 heavy (non-hydrogen) atoms. The highest BCUT2D eigenvalue weighted by Gasteiger charge is 2.26. The number of rotatable bonds is 2. The number of nitrogens with two attached hydrogens (primary N) is 1. The Balaban J connectivity index is 2.82. The molecule has 0 atom stereocenters. The van der Waals surface area contributed by atoms with Crippen molar-refractivity contribution in [3.8, 4) is 0 Å². The van der Waals surface area contributed by atoms with Gasteiger partial charge in [-0.15, -0.1) is 0 Å². The summed E-state index contributed by atoms with van der Waals surface area (Å²) in [5.74, 6) is -0.589. The molecule has 0 saturated carbocycles. The van der Waals surface area contributed by atoms with Crippen LogP contribution in [-0.4, -0.2) is 37.0 Å². The topological polar surface area (TPSA) is 72.6 Å². The summed E-state index contributed by atoms with van der Waals surface area (Å²) in [5, 5.41) is 0. The predicted octanol–water partition coefficient (Wildman–Crippen LogP) is -0.376. The number of ether oxygens (including phenoxy) is 1. The highest BCUT2D eigenvalue weighted by atomic mass is 16.5. The second kappa shape index (κ2) is 4.13. The minimum Gasteiger partial charge on any atom is -0.463 e. The van der Waals surface area contributed by atoms with E-state index < -0.39 is 5.97 Å². The minimum atomic E-state index is -0.480. The van der Waals surface area contributed by atoms with Gasteiger partial charge in [0.1, 0.15) is 0 Å². The molecule has 1 rings (SSSR count). The lowest BCUT2D eigenvalue weighted by atomic mass is 10.1. The van der Waals surface area contributed by atoms with Gasteiger partial charge in [-0.3, -0.25) is 4.79 Å². The molecule has 1 aliphatic heterocycles. The number of likely N-dealkylation sites (N-methyl/N-ethyl adjacent to an activating group) is 1. The maximum absolute atomic E-state index is 11.3. The Morgan fingerprint density at radius 3 is 2.86 bits per heavy atom. The van der Waals surface area contributed by atoms with Crippen LogP contribution in [0.25, 0.3) is 0 Å². The van der Waals surface area contributed by atoms with Crippen LogP contribution in [0.3, 0.4) is 0 Å². The van der Waals surface area contributed by atoms with E-state index in [1.165, 1.54) is 4.90 Å². The number of hydrogen-bond acceptors (Lipinski definition) is 4. The van der Waals surface area contributed by atoms with Crippen LogP contribution in [0.2, 0.25) is 0 Å². The molecule has 5 heteroatoms. The molecule has 0 radical (unpaired) electrons. The number of carbonyl (C=O) groups excluding carboxylic acids is 2. The average Bonchev–Trinajstić information content (AvgIpc) is 2.11. The maximum atomic E-state index is 11.3. The molecular formula is C9H14N2O3. The summed E-state index contributed by atoms with van der Waals surface area (Å²) in [4.78, 5) is 24.1. The molecule has 1 aliphatic rings. The van der Waals surface area contributed by atoms with Gasteiger partial charge in [0, 0.05) is 12.7 Å². The van der Waals surface area contributed by atoms with Crippen LogP contribution < -0.4 is 5.73 Å². The molecule has 0 aromatic heterocycles. The first kappa shape index (κ1) is 10.6. The first-order valence-corrected chi connectivity index (χ1v) is 4.44. The van der Waals surface area contributed by atoms with Crippen molar-refractivity contribution in [2.24, 2.45) is 5.73 Å². The summed E-state index contributed by atoms with van der Waals surface area (Å²) in [6.45, 7) is 2.30. The van der Waals surface area contributed by atoms with Crippen molar-refractivity contribution >= 4 is 11.9 Å². The molecule has 0 fully saturated rings. The smallest absolute Gasteiger partial charge is 0.336 e. The van der Waals surface area contributed by atoms with Gasteiger partial charge in [0.2, 0.25) is 5.91 Å². The van der Waals surface area contributed by atoms with Crippen LogP contribution in [0.4, 0.5) is 0 Å². The van der Waals surface area contributed by atoms with Crippen molar-refractivity contribution in [2.45, 2.75) is 13.3 Å². The van der Waals surface area contributed by atoms with Crippen molar-refractivity contribution in [1.29, 1.82) is 0 Å². The van der Waals surface area contributed by atoms with Gasteiger partial charge in [-0.25, -0.2) is 4.79 Å². The van der Waals surface area contributed by atoms with Crippen LogP contribution >= 0.6 is 0 Å². The molecular weight excluding hydrogens is 184 g/mol. The second-order valence-electron chi connectivity index (χ2n) is 3.15. The summed E-state index contributed by atoms with van der Waals surface area (Å²) in [5.41, 5.74) is 6.37. The van der Waals surface area contributed by atoms with Gasteiger partial charge in [0.15, 0.2) is 0 Å². The van der Waals surface area contributed by atoms with Crippen LogP contribution in [0.15, 0.2) is 11.3 Å². The zero-order valence-corrected chi connectivity index (χ0v) is 8.37. The van der Waals surface area contributed by atoms with Gasteiger partial charge in [-0.2, -0.15) is 0 Å². The van der Waals surface area contributed by atoms with Gasteiger partial charge in [-0.05, 0) is 6.92 Å². The van der Waals surface area contributed by atoms with E-state index in [1.54, 1.807) is 14.0 Å². The standard InChI is InChI=1S/C9H14N2O3/c1-3-14-9(13)6-4-8(12)11(2)5-7(6)10/h3-5,10H2,1-2H3. The van der Waals surface area contributed by atoms with E-state index >= 15 is 0 Å². The van der Waals surface area contributed by atoms with Crippen LogP contribution in [-0.2, 0) is 14.3 Å². The minimum absolute atomic E-state index is 0.0428. The van der Waals surface area contributed by atoms with Crippen molar-refractivity contribution in [3.63, 3.8) is 0 Å². The maximum Gasteiger partial charge on any atom is 0.336 e. The number of hydrogen-bond donors (Lipinski definition) is 1. The van der Waals surface area contributed by atoms with E-state index in [-0.39, 0.29) is 12.3 Å². The molecule has 0 unspecified atom stereocenters. The van der Waals surface area contributed by atoms with Gasteiger partial charge in [-0.1, -0.05) is 0 Å². The summed E-state index contributed by atoms with van der Waals surface area (Å²) >= 11 is 0. The third kappa shape index (κ3) is 2.04. The van der Waals surface area contributed by atoms with Crippen molar-refractivity contribution < 1.29 is 14.3 Å². The largest absolute Gasteiger partial charge is 0.463 e. The van der Waals surface area contributed by atoms with E-state index in [4.69, 9.17) is 10.5 Å². The molecule has 0 aromatic carbocycles. The Hall–Kier alpha value is -1.52. The fourth-order valence-corrected chi connectivity index (χ4v) is 1.26. The van der Waals surface area contributed by atoms with Crippen LogP contribution in [0, 0.1) is 0 Å². The van der Waals surface area contributed by atoms with Gasteiger partial charge in [0.25, 0.3) is 0 Å². The molecule has 1 heterocycles. The lowest BCUT2D eigenvalue weighted by Crippen LogP contribution is -2.37. The van der Waals surface area contributed by atoms with Gasteiger partial charge in [0.05, 0.1) is 25.1 Å². The first-order valence-electron chi connectivity index (χ1n) is 4.44. The Bertz CT molecular complexity index is 296. The zero-order chi connectivity index (χ0) is 10.7. The van der Waals surface area contributed by atoms with Crippen molar-refractivity contribution in [3.05, 3.63) is 11.3 Å². The molecule has 0 saturated heterocycles. The summed E-state index contributed by atoms with van der Waals surface area (Å²) < 4.78 is 4.79. The van der Waals surface area contributed by atoms with Crippen LogP contribution in [0.1, 0.15) is 13.3 Å². The number of esters is 1. The molecule has 0 bridgehead atoms. The van der Waals surface area contributed by atoms with E-state index in [2.05, 4.69) is 0 Å². The van der Waals surface area contributed by atoms with Crippen molar-refractivity contribution in [1.82, 2.24) is 4.90 Å². The second-order valence-corrected chi connectivity index (χ2v) is 3.15. The summed E-state index contributed by atoms with van der Waals surface area (Å²) in [6.07, 6.45) is 0.0428. The van der Waals surface area contributed by atoms with E-state index in [1.807, 2.05) is 0 Å². The highest BCUT2D eigenvalue weighted by molar-refractivity contribution is 5.97. The van der Waals surface area contributed by atoms with Gasteiger partial charge < -0.3 is 15.4 Å². The average molecular weight is 198 g/mol. The Kier molecular flexibility index (Phi) is 3.11. The number of carbonyl (C=O) groups is 2. The fraction of sp³-hybridized carbons (Fsp3) is 0.556. The summed E-state index contributed by atoms with van der Waals surface area (Å²) in [7, 11) is 1.65. The van der Waals surface area contributed by atoms with E-state index in [0.29, 0.717) is 24.4 Å². The molecule has 0 aromatic rings. The summed E-state index contributed by atoms with van der Waals surface area (Å²) in [6, 6.07) is 0. The molecule has 0 aliphatic carbocycles. The first-order chi connectivity index (χ1) is 6.56. The third-order valence-corrected chi connectivity index (χ3v) is 2.07. The Morgan fingerprint density at radius 2 is 2.29 bits per heavy atom. The SMILES string of the molecule is CCOC(=O)C1=C(N)CN(C)C(=O)C1. The normalized spacial score (nSPS) is 17.3. The monoisotopic (exact) mass is 198 g/mol. The van der Waals surface area contributed by atoms with Gasteiger partial charge >= 0.3 is 5.97 Å². The molecule has 0 spiro atoms. The Morgan fingerprint density at radius 1 is 1.64 bits per heavy atom. The van der Waals surface area contributed by atoms with Crippen LogP contribution in [0.5, 0.6) is 0 Å². The quantitative estimate of drug-likeness (QED) is 0.614. The highest BCUT2D eigenvalue weighted by Crippen LogP contribution is 2.15. The van der Waals surface area contributed by atoms with Crippen molar-refractivity contribution in [2.75, 3.05) is 20.2 Å². The number of nitrogens with zero attached hydrogens (tertiary/aromatic N) is 1. The fourth-order valence-electron chi connectivity index (χ4n) is 1.26. The molecule has 5 nitrogen and oxygen atoms in total.